The molecular weight excluding hydrogens is 188 g/mol. The Balaban J connectivity index is 2.37. The summed E-state index contributed by atoms with van der Waals surface area (Å²) < 4.78 is 0. The maximum absolute atomic E-state index is 5.24. The van der Waals surface area contributed by atoms with E-state index in [-0.39, 0.29) is 0 Å². The first kappa shape index (κ1) is 9.61. The van der Waals surface area contributed by atoms with Crippen LogP contribution in [0.25, 0.3) is 11.1 Å². The Kier molecular flexibility index (Phi) is 2.60. The quantitative estimate of drug-likeness (QED) is 0.572. The number of nitrogens with one attached hydrogen (secondary N) is 1. The van der Waals surface area contributed by atoms with Crippen LogP contribution < -0.4 is 11.3 Å². The molecule has 0 spiro atoms. The minimum Gasteiger partial charge on any atom is -0.308 e. The zero-order valence-corrected chi connectivity index (χ0v) is 8.44. The molecule has 0 aliphatic heterocycles. The molecule has 0 aliphatic rings. The molecule has 15 heavy (non-hydrogen) atoms. The number of hydrazine groups is 1. The Bertz CT molecular complexity index is 450. The number of hydrogen-bond donors (Lipinski definition) is 2. The van der Waals surface area contributed by atoms with Crippen LogP contribution in [0, 0.1) is 6.92 Å². The number of aromatic nitrogens is 2. The number of nitrogens with two attached hydrogens (primary N) is 1. The second-order valence-electron chi connectivity index (χ2n) is 3.33. The average Bonchev–Trinajstić information content (AvgIpc) is 2.29. The molecule has 0 unspecified atom stereocenters. The molecule has 0 saturated heterocycles. The van der Waals surface area contributed by atoms with E-state index in [0.29, 0.717) is 5.82 Å². The fourth-order valence-electron chi connectivity index (χ4n) is 1.36. The van der Waals surface area contributed by atoms with Gasteiger partial charge in [-0.1, -0.05) is 0 Å². The van der Waals surface area contributed by atoms with Crippen LogP contribution in [-0.4, -0.2) is 9.97 Å². The molecule has 0 fully saturated rings. The van der Waals surface area contributed by atoms with Crippen molar-refractivity contribution < 1.29 is 0 Å². The first-order valence-electron chi connectivity index (χ1n) is 4.64. The first-order valence-corrected chi connectivity index (χ1v) is 4.64. The van der Waals surface area contributed by atoms with Gasteiger partial charge in [0.05, 0.1) is 0 Å². The predicted molar refractivity (Wildman–Crippen MR) is 60.0 cm³/mol. The number of pyridine rings is 2. The highest BCUT2D eigenvalue weighted by Crippen LogP contribution is 2.19. The van der Waals surface area contributed by atoms with Gasteiger partial charge in [-0.25, -0.2) is 10.8 Å². The van der Waals surface area contributed by atoms with E-state index >= 15 is 0 Å². The molecule has 0 bridgehead atoms. The minimum atomic E-state index is 0.652. The molecule has 0 saturated carbocycles. The monoisotopic (exact) mass is 200 g/mol. The predicted octanol–water partition coefficient (Wildman–Crippen LogP) is 1.74. The standard InChI is InChI=1S/C11H12N4/c1-8-4-10(6-13-5-8)9-2-3-11(15-12)14-7-9/h2-7H,12H2,1H3,(H,14,15). The van der Waals surface area contributed by atoms with Crippen molar-refractivity contribution in [2.24, 2.45) is 5.84 Å². The second-order valence-corrected chi connectivity index (χ2v) is 3.33. The Morgan fingerprint density at radius 3 is 2.60 bits per heavy atom. The van der Waals surface area contributed by atoms with E-state index in [2.05, 4.69) is 21.5 Å². The smallest absolute Gasteiger partial charge is 0.139 e. The summed E-state index contributed by atoms with van der Waals surface area (Å²) in [6.45, 7) is 2.01. The Morgan fingerprint density at radius 1 is 1.13 bits per heavy atom. The fraction of sp³-hybridized carbons (Fsp3) is 0.0909. The van der Waals surface area contributed by atoms with Gasteiger partial charge in [0.1, 0.15) is 5.82 Å². The molecule has 2 heterocycles. The van der Waals surface area contributed by atoms with E-state index in [0.717, 1.165) is 16.7 Å². The van der Waals surface area contributed by atoms with Gasteiger partial charge in [0.15, 0.2) is 0 Å². The molecule has 0 radical (unpaired) electrons. The molecule has 3 N–H and O–H groups in total. The van der Waals surface area contributed by atoms with Gasteiger partial charge < -0.3 is 5.43 Å². The van der Waals surface area contributed by atoms with Crippen molar-refractivity contribution >= 4 is 5.82 Å². The molecule has 4 heteroatoms. The van der Waals surface area contributed by atoms with Crippen LogP contribution in [0.5, 0.6) is 0 Å². The van der Waals surface area contributed by atoms with Crippen molar-refractivity contribution in [1.29, 1.82) is 0 Å². The van der Waals surface area contributed by atoms with E-state index in [9.17, 15) is 0 Å². The molecular formula is C11H12N4. The third-order valence-corrected chi connectivity index (χ3v) is 2.12. The van der Waals surface area contributed by atoms with E-state index in [4.69, 9.17) is 5.84 Å². The van der Waals surface area contributed by atoms with Crippen molar-refractivity contribution in [2.45, 2.75) is 6.92 Å². The number of anilines is 1. The minimum absolute atomic E-state index is 0.652. The van der Waals surface area contributed by atoms with Crippen LogP contribution in [-0.2, 0) is 0 Å². The topological polar surface area (TPSA) is 63.8 Å². The first-order chi connectivity index (χ1) is 7.29. The third kappa shape index (κ3) is 2.11. The van der Waals surface area contributed by atoms with Crippen LogP contribution in [0.1, 0.15) is 5.56 Å². The fourth-order valence-corrected chi connectivity index (χ4v) is 1.36. The lowest BCUT2D eigenvalue weighted by Gasteiger charge is -2.03. The molecule has 0 aliphatic carbocycles. The maximum atomic E-state index is 5.24. The van der Waals surface area contributed by atoms with Gasteiger partial charge in [0, 0.05) is 29.7 Å². The highest BCUT2D eigenvalue weighted by atomic mass is 15.2. The summed E-state index contributed by atoms with van der Waals surface area (Å²) in [5.41, 5.74) is 5.72. The van der Waals surface area contributed by atoms with E-state index in [1.54, 1.807) is 6.20 Å². The molecule has 76 valence electrons. The summed E-state index contributed by atoms with van der Waals surface area (Å²) in [5.74, 6) is 5.89. The van der Waals surface area contributed by atoms with Crippen molar-refractivity contribution in [3.8, 4) is 11.1 Å². The van der Waals surface area contributed by atoms with Crippen LogP contribution in [0.15, 0.2) is 36.8 Å². The summed E-state index contributed by atoms with van der Waals surface area (Å²) >= 11 is 0. The zero-order chi connectivity index (χ0) is 10.7. The van der Waals surface area contributed by atoms with Crippen LogP contribution in [0.2, 0.25) is 0 Å². The molecule has 0 atom stereocenters. The highest BCUT2D eigenvalue weighted by molar-refractivity contribution is 5.63. The lowest BCUT2D eigenvalue weighted by molar-refractivity contribution is 1.22. The van der Waals surface area contributed by atoms with E-state index < -0.39 is 0 Å². The lowest BCUT2D eigenvalue weighted by atomic mass is 10.1. The average molecular weight is 200 g/mol. The van der Waals surface area contributed by atoms with Gasteiger partial charge in [-0.15, -0.1) is 0 Å². The molecule has 0 aromatic carbocycles. The van der Waals surface area contributed by atoms with Gasteiger partial charge in [0.2, 0.25) is 0 Å². The van der Waals surface area contributed by atoms with Gasteiger partial charge in [-0.3, -0.25) is 4.98 Å². The Hall–Kier alpha value is -1.94. The Morgan fingerprint density at radius 2 is 2.00 bits per heavy atom. The SMILES string of the molecule is Cc1cncc(-c2ccc(NN)nc2)c1. The van der Waals surface area contributed by atoms with Gasteiger partial charge >= 0.3 is 0 Å². The van der Waals surface area contributed by atoms with E-state index in [1.165, 1.54) is 0 Å². The molecule has 0 amide bonds. The second kappa shape index (κ2) is 4.06. The van der Waals surface area contributed by atoms with Crippen LogP contribution >= 0.6 is 0 Å². The molecule has 2 aromatic rings. The summed E-state index contributed by atoms with van der Waals surface area (Å²) in [6, 6.07) is 5.86. The normalized spacial score (nSPS) is 10.0. The zero-order valence-electron chi connectivity index (χ0n) is 8.44. The summed E-state index contributed by atoms with van der Waals surface area (Å²) in [7, 11) is 0. The van der Waals surface area contributed by atoms with Gasteiger partial charge in [-0.2, -0.15) is 0 Å². The summed E-state index contributed by atoms with van der Waals surface area (Å²) in [6.07, 6.45) is 5.41. The van der Waals surface area contributed by atoms with Crippen molar-refractivity contribution in [3.05, 3.63) is 42.4 Å². The van der Waals surface area contributed by atoms with Crippen LogP contribution in [0.3, 0.4) is 0 Å². The number of hydrogen-bond acceptors (Lipinski definition) is 4. The number of rotatable bonds is 2. The number of nitrogens with zero attached hydrogens (tertiary/aromatic N) is 2. The van der Waals surface area contributed by atoms with Crippen molar-refractivity contribution in [2.75, 3.05) is 5.43 Å². The summed E-state index contributed by atoms with van der Waals surface area (Å²) in [5, 5.41) is 0. The number of nitrogen functional groups attached to an aromatic ring is 1. The number of aryl methyl sites for hydroxylation is 1. The Labute approximate surface area is 88.2 Å². The van der Waals surface area contributed by atoms with Crippen molar-refractivity contribution in [3.63, 3.8) is 0 Å². The largest absolute Gasteiger partial charge is 0.308 e. The van der Waals surface area contributed by atoms with Gasteiger partial charge in [0.25, 0.3) is 0 Å². The summed E-state index contributed by atoms with van der Waals surface area (Å²) in [4.78, 5) is 8.27. The third-order valence-electron chi connectivity index (χ3n) is 2.12. The molecule has 2 aromatic heterocycles. The van der Waals surface area contributed by atoms with Crippen LogP contribution in [0.4, 0.5) is 5.82 Å². The highest BCUT2D eigenvalue weighted by Gasteiger charge is 1.98. The molecule has 4 nitrogen and oxygen atoms in total. The van der Waals surface area contributed by atoms with E-state index in [1.807, 2.05) is 31.5 Å². The lowest BCUT2D eigenvalue weighted by Crippen LogP contribution is -2.07. The van der Waals surface area contributed by atoms with Crippen molar-refractivity contribution in [1.82, 2.24) is 9.97 Å². The molecule has 2 rings (SSSR count). The maximum Gasteiger partial charge on any atom is 0.139 e. The van der Waals surface area contributed by atoms with Gasteiger partial charge in [-0.05, 0) is 30.7 Å².